The minimum atomic E-state index is 0.477. The number of methoxy groups -OCH3 is 1. The summed E-state index contributed by atoms with van der Waals surface area (Å²) < 4.78 is 5.11. The monoisotopic (exact) mass is 244 g/mol. The molecule has 0 radical (unpaired) electrons. The number of nitrogens with one attached hydrogen (secondary N) is 1. The fraction of sp³-hybridized carbons (Fsp3) is 0.231. The van der Waals surface area contributed by atoms with Gasteiger partial charge in [0.05, 0.1) is 7.11 Å². The number of hydrogen-bond donors (Lipinski definition) is 2. The Labute approximate surface area is 106 Å². The molecule has 2 rings (SSSR count). The first-order valence-corrected chi connectivity index (χ1v) is 5.67. The van der Waals surface area contributed by atoms with Gasteiger partial charge in [0, 0.05) is 18.3 Å². The summed E-state index contributed by atoms with van der Waals surface area (Å²) in [5, 5.41) is 3.23. The first-order chi connectivity index (χ1) is 8.72. The van der Waals surface area contributed by atoms with Crippen molar-refractivity contribution in [1.29, 1.82) is 0 Å². The van der Waals surface area contributed by atoms with Crippen molar-refractivity contribution in [3.63, 3.8) is 0 Å². The zero-order valence-electron chi connectivity index (χ0n) is 10.5. The summed E-state index contributed by atoms with van der Waals surface area (Å²) in [4.78, 5) is 8.45. The summed E-state index contributed by atoms with van der Waals surface area (Å²) in [7, 11) is 1.58. The van der Waals surface area contributed by atoms with Crippen molar-refractivity contribution in [3.05, 3.63) is 41.7 Å². The Hall–Kier alpha value is -2.14. The summed E-state index contributed by atoms with van der Waals surface area (Å²) in [5.41, 5.74) is 7.67. The first-order valence-electron chi connectivity index (χ1n) is 5.67. The Morgan fingerprint density at radius 2 is 2.06 bits per heavy atom. The van der Waals surface area contributed by atoms with E-state index in [0.29, 0.717) is 24.1 Å². The number of rotatable bonds is 4. The molecule has 0 bridgehead atoms. The van der Waals surface area contributed by atoms with Crippen LogP contribution in [0.25, 0.3) is 0 Å². The molecular weight excluding hydrogens is 228 g/mol. The third-order valence-electron chi connectivity index (χ3n) is 2.52. The molecule has 0 fully saturated rings. The second-order valence-corrected chi connectivity index (χ2v) is 3.83. The molecule has 1 aromatic carbocycles. The number of nitrogens with zero attached hydrogens (tertiary/aromatic N) is 2. The maximum atomic E-state index is 5.69. The summed E-state index contributed by atoms with van der Waals surface area (Å²) in [6, 6.07) is 9.60. The maximum Gasteiger partial charge on any atom is 0.218 e. The van der Waals surface area contributed by atoms with Crippen molar-refractivity contribution in [2.24, 2.45) is 5.73 Å². The van der Waals surface area contributed by atoms with Crippen molar-refractivity contribution < 1.29 is 4.74 Å². The highest BCUT2D eigenvalue weighted by molar-refractivity contribution is 5.61. The van der Waals surface area contributed by atoms with Gasteiger partial charge in [-0.15, -0.1) is 0 Å². The lowest BCUT2D eigenvalue weighted by Gasteiger charge is -2.11. The van der Waals surface area contributed by atoms with Gasteiger partial charge in [-0.3, -0.25) is 0 Å². The normalized spacial score (nSPS) is 10.2. The predicted molar refractivity (Wildman–Crippen MR) is 70.9 cm³/mol. The van der Waals surface area contributed by atoms with Crippen molar-refractivity contribution in [2.75, 3.05) is 12.4 Å². The Morgan fingerprint density at radius 3 is 2.78 bits per heavy atom. The number of ether oxygens (including phenoxy) is 1. The fourth-order valence-corrected chi connectivity index (χ4v) is 1.67. The number of hydrogen-bond acceptors (Lipinski definition) is 5. The fourth-order valence-electron chi connectivity index (χ4n) is 1.67. The Balaban J connectivity index is 2.30. The number of aryl methyl sites for hydroxylation is 1. The molecule has 1 heterocycles. The van der Waals surface area contributed by atoms with Crippen LogP contribution in [0.15, 0.2) is 30.3 Å². The van der Waals surface area contributed by atoms with Gasteiger partial charge in [0.2, 0.25) is 5.88 Å². The standard InChI is InChI=1S/C13H16N4O/c1-9-15-12(7-13(16-9)18-2)17-11-6-4-3-5-10(11)8-14/h3-7H,8,14H2,1-2H3,(H,15,16,17). The van der Waals surface area contributed by atoms with Gasteiger partial charge in [-0.25, -0.2) is 4.98 Å². The number of para-hydroxylation sites is 1. The Morgan fingerprint density at radius 1 is 1.28 bits per heavy atom. The molecule has 94 valence electrons. The molecular formula is C13H16N4O. The molecule has 5 heteroatoms. The molecule has 0 amide bonds. The highest BCUT2D eigenvalue weighted by Crippen LogP contribution is 2.21. The summed E-state index contributed by atoms with van der Waals surface area (Å²) >= 11 is 0. The van der Waals surface area contributed by atoms with Crippen molar-refractivity contribution in [3.8, 4) is 5.88 Å². The van der Waals surface area contributed by atoms with Crippen molar-refractivity contribution >= 4 is 11.5 Å². The molecule has 1 aromatic heterocycles. The molecule has 0 aliphatic rings. The molecule has 5 nitrogen and oxygen atoms in total. The Bertz CT molecular complexity index is 542. The van der Waals surface area contributed by atoms with Crippen LogP contribution in [0.2, 0.25) is 0 Å². The minimum absolute atomic E-state index is 0.477. The molecule has 0 unspecified atom stereocenters. The molecule has 0 aliphatic carbocycles. The van der Waals surface area contributed by atoms with Crippen LogP contribution in [-0.4, -0.2) is 17.1 Å². The quantitative estimate of drug-likeness (QED) is 0.860. The number of anilines is 2. The largest absolute Gasteiger partial charge is 0.481 e. The van der Waals surface area contributed by atoms with Crippen LogP contribution < -0.4 is 15.8 Å². The van der Waals surface area contributed by atoms with Gasteiger partial charge in [0.1, 0.15) is 11.6 Å². The van der Waals surface area contributed by atoms with Crippen LogP contribution in [0.1, 0.15) is 11.4 Å². The summed E-state index contributed by atoms with van der Waals surface area (Å²) in [5.74, 6) is 1.89. The van der Waals surface area contributed by atoms with E-state index >= 15 is 0 Å². The zero-order chi connectivity index (χ0) is 13.0. The lowest BCUT2D eigenvalue weighted by atomic mass is 10.2. The average molecular weight is 244 g/mol. The maximum absolute atomic E-state index is 5.69. The molecule has 0 spiro atoms. The summed E-state index contributed by atoms with van der Waals surface area (Å²) in [6.07, 6.45) is 0. The summed E-state index contributed by atoms with van der Waals surface area (Å²) in [6.45, 7) is 2.30. The van der Waals surface area contributed by atoms with E-state index in [1.165, 1.54) is 0 Å². The van der Waals surface area contributed by atoms with E-state index in [4.69, 9.17) is 10.5 Å². The number of aromatic nitrogens is 2. The highest BCUT2D eigenvalue weighted by Gasteiger charge is 2.04. The average Bonchev–Trinajstić information content (AvgIpc) is 2.38. The SMILES string of the molecule is COc1cc(Nc2ccccc2CN)nc(C)n1. The molecule has 0 atom stereocenters. The highest BCUT2D eigenvalue weighted by atomic mass is 16.5. The predicted octanol–water partition coefficient (Wildman–Crippen LogP) is 2.00. The van der Waals surface area contributed by atoms with Crippen molar-refractivity contribution in [1.82, 2.24) is 9.97 Å². The third-order valence-corrected chi connectivity index (χ3v) is 2.52. The zero-order valence-corrected chi connectivity index (χ0v) is 10.5. The number of benzene rings is 1. The molecule has 2 aromatic rings. The molecule has 0 saturated heterocycles. The van der Waals surface area contributed by atoms with Gasteiger partial charge < -0.3 is 15.8 Å². The van der Waals surface area contributed by atoms with E-state index in [9.17, 15) is 0 Å². The van der Waals surface area contributed by atoms with E-state index in [1.54, 1.807) is 13.2 Å². The third kappa shape index (κ3) is 2.75. The van der Waals surface area contributed by atoms with E-state index < -0.39 is 0 Å². The van der Waals surface area contributed by atoms with E-state index in [-0.39, 0.29) is 0 Å². The minimum Gasteiger partial charge on any atom is -0.481 e. The molecule has 0 aliphatic heterocycles. The van der Waals surface area contributed by atoms with Gasteiger partial charge in [0.15, 0.2) is 0 Å². The van der Waals surface area contributed by atoms with Gasteiger partial charge >= 0.3 is 0 Å². The van der Waals surface area contributed by atoms with E-state index in [2.05, 4.69) is 15.3 Å². The Kier molecular flexibility index (Phi) is 3.74. The first kappa shape index (κ1) is 12.3. The second kappa shape index (κ2) is 5.46. The second-order valence-electron chi connectivity index (χ2n) is 3.83. The lowest BCUT2D eigenvalue weighted by Crippen LogP contribution is -2.04. The van der Waals surface area contributed by atoms with Crippen LogP contribution in [0, 0.1) is 6.92 Å². The van der Waals surface area contributed by atoms with Gasteiger partial charge in [-0.05, 0) is 18.6 Å². The smallest absolute Gasteiger partial charge is 0.218 e. The molecule has 0 saturated carbocycles. The van der Waals surface area contributed by atoms with Crippen molar-refractivity contribution in [2.45, 2.75) is 13.5 Å². The molecule has 3 N–H and O–H groups in total. The van der Waals surface area contributed by atoms with Crippen LogP contribution in [-0.2, 0) is 6.54 Å². The number of nitrogens with two attached hydrogens (primary N) is 1. The van der Waals surface area contributed by atoms with E-state index in [1.807, 2.05) is 31.2 Å². The van der Waals surface area contributed by atoms with Gasteiger partial charge in [0.25, 0.3) is 0 Å². The van der Waals surface area contributed by atoms with E-state index in [0.717, 1.165) is 11.3 Å². The molecule has 18 heavy (non-hydrogen) atoms. The van der Waals surface area contributed by atoms with Gasteiger partial charge in [-0.2, -0.15) is 4.98 Å². The van der Waals surface area contributed by atoms with Crippen LogP contribution in [0.4, 0.5) is 11.5 Å². The van der Waals surface area contributed by atoms with Crippen LogP contribution >= 0.6 is 0 Å². The van der Waals surface area contributed by atoms with Crippen LogP contribution in [0.3, 0.4) is 0 Å². The van der Waals surface area contributed by atoms with Gasteiger partial charge in [-0.1, -0.05) is 18.2 Å². The van der Waals surface area contributed by atoms with Crippen LogP contribution in [0.5, 0.6) is 5.88 Å². The lowest BCUT2D eigenvalue weighted by molar-refractivity contribution is 0.396. The topological polar surface area (TPSA) is 73.1 Å².